The van der Waals surface area contributed by atoms with E-state index in [0.717, 1.165) is 11.3 Å². The molecule has 32 heavy (non-hydrogen) atoms. The normalized spacial score (nSPS) is 12.1. The number of hydrogen-bond donors (Lipinski definition) is 1. The Morgan fingerprint density at radius 2 is 1.94 bits per heavy atom. The van der Waals surface area contributed by atoms with Gasteiger partial charge in [-0.25, -0.2) is 9.38 Å². The van der Waals surface area contributed by atoms with E-state index in [-0.39, 0.29) is 42.1 Å². The Labute approximate surface area is 182 Å². The van der Waals surface area contributed by atoms with Gasteiger partial charge in [0.15, 0.2) is 11.2 Å². The molecule has 0 radical (unpaired) electrons. The van der Waals surface area contributed by atoms with E-state index < -0.39 is 4.92 Å². The average molecular weight is 440 g/mol. The van der Waals surface area contributed by atoms with Gasteiger partial charge in [0.1, 0.15) is 6.73 Å². The second-order valence-corrected chi connectivity index (χ2v) is 8.51. The number of nitrogens with zero attached hydrogens (tertiary/aromatic N) is 6. The van der Waals surface area contributed by atoms with Crippen LogP contribution < -0.4 is 5.56 Å². The first kappa shape index (κ1) is 21.7. The fourth-order valence-corrected chi connectivity index (χ4v) is 3.59. The second-order valence-electron chi connectivity index (χ2n) is 8.51. The number of aliphatic hydroxyl groups excluding tert-OH is 1. The van der Waals surface area contributed by atoms with E-state index in [1.807, 2.05) is 25.3 Å². The van der Waals surface area contributed by atoms with Crippen molar-refractivity contribution in [1.82, 2.24) is 23.5 Å². The van der Waals surface area contributed by atoms with Crippen molar-refractivity contribution in [2.75, 3.05) is 13.2 Å². The predicted molar refractivity (Wildman–Crippen MR) is 117 cm³/mol. The molecule has 0 amide bonds. The van der Waals surface area contributed by atoms with Crippen LogP contribution in [0, 0.1) is 10.1 Å². The Balaban J connectivity index is 1.87. The molecule has 0 aliphatic heterocycles. The lowest BCUT2D eigenvalue weighted by molar-refractivity contribution is -0.384. The van der Waals surface area contributed by atoms with E-state index in [1.165, 1.54) is 22.9 Å². The van der Waals surface area contributed by atoms with Crippen molar-refractivity contribution in [3.63, 3.8) is 0 Å². The molecule has 11 nitrogen and oxygen atoms in total. The Kier molecular flexibility index (Phi) is 5.53. The molecule has 11 heteroatoms. The highest BCUT2D eigenvalue weighted by Gasteiger charge is 2.24. The first-order valence-corrected chi connectivity index (χ1v) is 10.1. The minimum atomic E-state index is -0.437. The molecular formula is C21H24N6O5. The number of benzene rings is 1. The SMILES string of the molecule is CC(C)(C)c1cn2c(=O)c3ncn(COCCO)c3nc2n1Cc1ccc([N+](=O)[O-])cc1. The molecule has 0 saturated heterocycles. The molecule has 4 rings (SSSR count). The highest BCUT2D eigenvalue weighted by Crippen LogP contribution is 2.26. The van der Waals surface area contributed by atoms with Crippen LogP contribution in [0.5, 0.6) is 0 Å². The van der Waals surface area contributed by atoms with Gasteiger partial charge < -0.3 is 14.4 Å². The van der Waals surface area contributed by atoms with Gasteiger partial charge in [-0.15, -0.1) is 0 Å². The molecule has 0 atom stereocenters. The van der Waals surface area contributed by atoms with Gasteiger partial charge in [-0.3, -0.25) is 19.5 Å². The zero-order chi connectivity index (χ0) is 23.0. The van der Waals surface area contributed by atoms with Gasteiger partial charge in [0.25, 0.3) is 11.2 Å². The maximum atomic E-state index is 13.2. The van der Waals surface area contributed by atoms with Gasteiger partial charge in [-0.2, -0.15) is 4.98 Å². The zero-order valence-electron chi connectivity index (χ0n) is 18.1. The van der Waals surface area contributed by atoms with Gasteiger partial charge in [-0.05, 0) is 5.56 Å². The van der Waals surface area contributed by atoms with Crippen LogP contribution in [0.3, 0.4) is 0 Å². The molecule has 0 aliphatic rings. The quantitative estimate of drug-likeness (QED) is 0.264. The number of fused-ring (bicyclic) bond motifs is 2. The third-order valence-corrected chi connectivity index (χ3v) is 5.16. The van der Waals surface area contributed by atoms with Crippen LogP contribution in [0.4, 0.5) is 5.69 Å². The van der Waals surface area contributed by atoms with Crippen LogP contribution >= 0.6 is 0 Å². The number of rotatable bonds is 7. The summed E-state index contributed by atoms with van der Waals surface area (Å²) in [6, 6.07) is 6.32. The minimum Gasteiger partial charge on any atom is -0.394 e. The smallest absolute Gasteiger partial charge is 0.287 e. The van der Waals surface area contributed by atoms with Crippen LogP contribution in [0.1, 0.15) is 32.0 Å². The summed E-state index contributed by atoms with van der Waals surface area (Å²) >= 11 is 0. The third-order valence-electron chi connectivity index (χ3n) is 5.16. The molecule has 0 fully saturated rings. The van der Waals surface area contributed by atoms with Crippen LogP contribution in [0.25, 0.3) is 16.9 Å². The van der Waals surface area contributed by atoms with Crippen molar-refractivity contribution in [1.29, 1.82) is 0 Å². The topological polar surface area (TPSA) is 130 Å². The number of imidazole rings is 2. The number of nitro groups is 1. The zero-order valence-corrected chi connectivity index (χ0v) is 18.1. The van der Waals surface area contributed by atoms with Gasteiger partial charge >= 0.3 is 0 Å². The summed E-state index contributed by atoms with van der Waals surface area (Å²) < 4.78 is 10.4. The van der Waals surface area contributed by atoms with Crippen molar-refractivity contribution >= 4 is 22.6 Å². The van der Waals surface area contributed by atoms with Gasteiger partial charge in [0.2, 0.25) is 5.78 Å². The summed E-state index contributed by atoms with van der Waals surface area (Å²) in [5, 5.41) is 19.9. The highest BCUT2D eigenvalue weighted by molar-refractivity contribution is 5.72. The maximum absolute atomic E-state index is 13.2. The van der Waals surface area contributed by atoms with E-state index in [1.54, 1.807) is 22.9 Å². The third kappa shape index (κ3) is 3.87. The van der Waals surface area contributed by atoms with E-state index >= 15 is 0 Å². The molecule has 0 saturated carbocycles. The van der Waals surface area contributed by atoms with Crippen LogP contribution in [-0.2, 0) is 23.4 Å². The first-order chi connectivity index (χ1) is 15.2. The van der Waals surface area contributed by atoms with Gasteiger partial charge in [-0.1, -0.05) is 32.9 Å². The van der Waals surface area contributed by atoms with Crippen LogP contribution in [-0.4, -0.2) is 46.7 Å². The number of aliphatic hydroxyl groups is 1. The summed E-state index contributed by atoms with van der Waals surface area (Å²) in [6.45, 7) is 6.66. The Morgan fingerprint density at radius 1 is 1.22 bits per heavy atom. The fraction of sp³-hybridized carbons (Fsp3) is 0.381. The fourth-order valence-electron chi connectivity index (χ4n) is 3.59. The second kappa shape index (κ2) is 8.17. The van der Waals surface area contributed by atoms with E-state index in [2.05, 4.69) is 4.98 Å². The summed E-state index contributed by atoms with van der Waals surface area (Å²) in [5.41, 5.74) is 1.77. The molecule has 3 heterocycles. The lowest BCUT2D eigenvalue weighted by atomic mass is 9.92. The van der Waals surface area contributed by atoms with E-state index in [4.69, 9.17) is 14.8 Å². The molecule has 168 valence electrons. The van der Waals surface area contributed by atoms with Gasteiger partial charge in [0, 0.05) is 29.4 Å². The van der Waals surface area contributed by atoms with Crippen LogP contribution in [0.2, 0.25) is 0 Å². The molecule has 3 aromatic heterocycles. The lowest BCUT2D eigenvalue weighted by Crippen LogP contribution is -2.19. The standard InChI is InChI=1S/C21H24N6O5/c1-21(2,3)16-11-26-19(29)17-18(24(12-22-17)13-32-9-8-28)23-20(26)25(16)10-14-4-6-15(7-5-14)27(30)31/h4-7,11-12,28H,8-10,13H2,1-3H3. The largest absolute Gasteiger partial charge is 0.394 e. The Bertz CT molecular complexity index is 1340. The van der Waals surface area contributed by atoms with E-state index in [9.17, 15) is 14.9 Å². The van der Waals surface area contributed by atoms with Crippen LogP contribution in [0.15, 0.2) is 41.6 Å². The maximum Gasteiger partial charge on any atom is 0.287 e. The van der Waals surface area contributed by atoms with Crippen molar-refractivity contribution in [3.05, 3.63) is 68.5 Å². The molecule has 4 aromatic rings. The number of hydrogen-bond acceptors (Lipinski definition) is 7. The van der Waals surface area contributed by atoms with Crippen molar-refractivity contribution < 1.29 is 14.8 Å². The van der Waals surface area contributed by atoms with Gasteiger partial charge in [0.05, 0.1) is 31.0 Å². The summed E-state index contributed by atoms with van der Waals surface area (Å²) in [5.74, 6) is 0.440. The first-order valence-electron chi connectivity index (χ1n) is 10.1. The lowest BCUT2D eigenvalue weighted by Gasteiger charge is -2.21. The molecule has 0 bridgehead atoms. The summed E-state index contributed by atoms with van der Waals surface area (Å²) in [6.07, 6.45) is 3.26. The van der Waals surface area contributed by atoms with E-state index in [0.29, 0.717) is 18.0 Å². The summed E-state index contributed by atoms with van der Waals surface area (Å²) in [4.78, 5) is 32.6. The molecule has 1 aromatic carbocycles. The molecule has 0 spiro atoms. The minimum absolute atomic E-state index is 0.0185. The Hall–Kier alpha value is -3.57. The van der Waals surface area contributed by atoms with Crippen molar-refractivity contribution in [2.24, 2.45) is 0 Å². The molecular weight excluding hydrogens is 416 g/mol. The number of non-ortho nitro benzene ring substituents is 1. The molecule has 1 N–H and O–H groups in total. The Morgan fingerprint density at radius 3 is 2.56 bits per heavy atom. The number of ether oxygens (including phenoxy) is 1. The predicted octanol–water partition coefficient (Wildman–Crippen LogP) is 2.07. The highest BCUT2D eigenvalue weighted by atomic mass is 16.6. The average Bonchev–Trinajstić information content (AvgIpc) is 3.31. The molecule has 0 unspecified atom stereocenters. The molecule has 0 aliphatic carbocycles. The van der Waals surface area contributed by atoms with Crippen molar-refractivity contribution in [3.8, 4) is 0 Å². The monoisotopic (exact) mass is 440 g/mol. The summed E-state index contributed by atoms with van der Waals surface area (Å²) in [7, 11) is 0. The number of aromatic nitrogens is 5. The van der Waals surface area contributed by atoms with Crippen molar-refractivity contribution in [2.45, 2.75) is 39.5 Å². The number of nitro benzene ring substituents is 1.